The van der Waals surface area contributed by atoms with Gasteiger partial charge in [-0.3, -0.25) is 0 Å². The van der Waals surface area contributed by atoms with Crippen molar-refractivity contribution in [1.29, 1.82) is 0 Å². The number of hydrogen-bond donors (Lipinski definition) is 1. The van der Waals surface area contributed by atoms with Crippen LogP contribution in [0.1, 0.15) is 0 Å². The second-order valence-electron chi connectivity index (χ2n) is 6.20. The first kappa shape index (κ1) is 20.0. The summed E-state index contributed by atoms with van der Waals surface area (Å²) in [5.41, 5.74) is 0. The Labute approximate surface area is 126 Å². The van der Waals surface area contributed by atoms with Gasteiger partial charge in [0.1, 0.15) is 0 Å². The van der Waals surface area contributed by atoms with Gasteiger partial charge in [-0.15, -0.1) is 0 Å². The van der Waals surface area contributed by atoms with Gasteiger partial charge in [0, 0.05) is 6.26 Å². The van der Waals surface area contributed by atoms with Gasteiger partial charge in [-0.25, -0.2) is 0 Å². The molecular weight excluding hydrogens is 333 g/mol. The Morgan fingerprint density at radius 2 is 1.05 bits per heavy atom. The molecular formula is C9H28O5SSi4. The average molecular weight is 361 g/mol. The van der Waals surface area contributed by atoms with E-state index in [4.69, 9.17) is 16.2 Å². The van der Waals surface area contributed by atoms with Gasteiger partial charge in [-0.1, -0.05) is 0 Å². The van der Waals surface area contributed by atoms with Crippen molar-refractivity contribution in [3.05, 3.63) is 0 Å². The molecule has 0 rings (SSSR count). The summed E-state index contributed by atoms with van der Waals surface area (Å²) in [4.78, 5) is 9.89. The Bertz CT molecular complexity index is 293. The van der Waals surface area contributed by atoms with Crippen LogP contribution in [0.2, 0.25) is 52.4 Å². The lowest BCUT2D eigenvalue weighted by molar-refractivity contribution is 0.285. The molecule has 0 saturated heterocycles. The minimum atomic E-state index is -2.59. The van der Waals surface area contributed by atoms with E-state index in [2.05, 4.69) is 0 Å². The molecule has 0 saturated carbocycles. The van der Waals surface area contributed by atoms with Crippen molar-refractivity contribution in [2.24, 2.45) is 0 Å². The van der Waals surface area contributed by atoms with Crippen molar-refractivity contribution in [3.8, 4) is 0 Å². The highest BCUT2D eigenvalue weighted by Crippen LogP contribution is 2.24. The van der Waals surface area contributed by atoms with Crippen LogP contribution in [0.3, 0.4) is 0 Å². The van der Waals surface area contributed by atoms with Gasteiger partial charge in [-0.2, -0.15) is 0 Å². The molecule has 0 atom stereocenters. The molecule has 0 aromatic carbocycles. The first-order valence-electron chi connectivity index (χ1n) is 6.23. The normalized spacial score (nSPS) is 14.8. The van der Waals surface area contributed by atoms with Crippen molar-refractivity contribution < 1.29 is 21.0 Å². The van der Waals surface area contributed by atoms with Crippen LogP contribution in [0.4, 0.5) is 0 Å². The largest absolute Gasteiger partial charge is 0.416 e. The van der Waals surface area contributed by atoms with Crippen LogP contribution in [0.5, 0.6) is 0 Å². The molecule has 19 heavy (non-hydrogen) atoms. The zero-order valence-corrected chi connectivity index (χ0v) is 18.3. The fraction of sp³-hybridized carbons (Fsp3) is 1.00. The van der Waals surface area contributed by atoms with E-state index in [1.165, 1.54) is 12.0 Å². The molecule has 0 bridgehead atoms. The molecule has 0 radical (unpaired) electrons. The summed E-state index contributed by atoms with van der Waals surface area (Å²) >= 11 is 1.33. The van der Waals surface area contributed by atoms with E-state index in [1.807, 2.05) is 45.5 Å². The molecule has 0 aromatic rings. The zero-order chi connectivity index (χ0) is 15.5. The smallest absolute Gasteiger partial charge is 0.336 e. The van der Waals surface area contributed by atoms with Gasteiger partial charge in [0.15, 0.2) is 0 Å². The summed E-state index contributed by atoms with van der Waals surface area (Å²) < 4.78 is 23.6. The Hall–Kier alpha value is 1.02. The van der Waals surface area contributed by atoms with Gasteiger partial charge in [0.05, 0.1) is 0 Å². The van der Waals surface area contributed by atoms with Gasteiger partial charge in [-0.05, 0) is 64.4 Å². The fourth-order valence-electron chi connectivity index (χ4n) is 2.04. The molecule has 1 N–H and O–H groups in total. The molecule has 0 aliphatic rings. The Morgan fingerprint density at radius 3 is 1.42 bits per heavy atom. The summed E-state index contributed by atoms with van der Waals surface area (Å²) in [5, 5.41) is 0. The third-order valence-corrected chi connectivity index (χ3v) is 15.9. The minimum Gasteiger partial charge on any atom is -0.416 e. The molecule has 0 spiro atoms. The highest BCUT2D eigenvalue weighted by molar-refractivity contribution is 7.94. The van der Waals surface area contributed by atoms with Crippen molar-refractivity contribution in [1.82, 2.24) is 0 Å². The van der Waals surface area contributed by atoms with E-state index in [0.29, 0.717) is 0 Å². The topological polar surface area (TPSA) is 57.2 Å². The maximum absolute atomic E-state index is 9.89. The standard InChI is InChI=1S/C9H28O5SSi4/c1-15-11-17(4,5)13-19(8,9)14-18(6,7)12-16(2,3)10/h10H,1-9H3. The first-order valence-corrected chi connectivity index (χ1v) is 18.7. The van der Waals surface area contributed by atoms with Gasteiger partial charge < -0.3 is 21.0 Å². The first-order chi connectivity index (χ1) is 8.18. The summed E-state index contributed by atoms with van der Waals surface area (Å²) in [5.74, 6) is 0. The molecule has 0 heterocycles. The summed E-state index contributed by atoms with van der Waals surface area (Å²) in [6.07, 6.45) is 1.88. The molecule has 0 amide bonds. The SMILES string of the molecule is CSO[Si](C)(C)O[Si](C)(C)O[Si](C)(C)O[Si](C)(C)O. The van der Waals surface area contributed by atoms with Crippen LogP contribution in [-0.2, 0) is 16.2 Å². The zero-order valence-electron chi connectivity index (χ0n) is 13.5. The lowest BCUT2D eigenvalue weighted by atomic mass is 11.9. The lowest BCUT2D eigenvalue weighted by Crippen LogP contribution is -2.56. The summed E-state index contributed by atoms with van der Waals surface area (Å²) in [6.45, 7) is 15.4. The molecule has 0 fully saturated rings. The second-order valence-corrected chi connectivity index (χ2v) is 20.9. The molecule has 116 valence electrons. The van der Waals surface area contributed by atoms with E-state index < -0.39 is 34.2 Å². The van der Waals surface area contributed by atoms with Gasteiger partial charge >= 0.3 is 34.2 Å². The Balaban J connectivity index is 4.67. The second kappa shape index (κ2) is 6.85. The summed E-state index contributed by atoms with van der Waals surface area (Å²) in [7, 11) is -9.50. The lowest BCUT2D eigenvalue weighted by Gasteiger charge is -2.38. The Morgan fingerprint density at radius 1 is 0.684 bits per heavy atom. The van der Waals surface area contributed by atoms with Crippen LogP contribution < -0.4 is 0 Å². The van der Waals surface area contributed by atoms with Crippen molar-refractivity contribution in [2.45, 2.75) is 52.4 Å². The van der Waals surface area contributed by atoms with Crippen LogP contribution in [-0.4, -0.2) is 45.3 Å². The molecule has 0 aliphatic carbocycles. The average Bonchev–Trinajstić information content (AvgIpc) is 1.90. The maximum atomic E-state index is 9.89. The van der Waals surface area contributed by atoms with E-state index in [0.717, 1.165) is 0 Å². The highest BCUT2D eigenvalue weighted by atomic mass is 32.2. The van der Waals surface area contributed by atoms with Crippen molar-refractivity contribution >= 4 is 46.3 Å². The fourth-order valence-corrected chi connectivity index (χ4v) is 19.5. The van der Waals surface area contributed by atoms with E-state index in [-0.39, 0.29) is 0 Å². The third kappa shape index (κ3) is 10.4. The van der Waals surface area contributed by atoms with E-state index in [9.17, 15) is 4.80 Å². The predicted molar refractivity (Wildman–Crippen MR) is 90.0 cm³/mol. The minimum absolute atomic E-state index is 1.33. The van der Waals surface area contributed by atoms with Gasteiger partial charge in [0.25, 0.3) is 0 Å². The quantitative estimate of drug-likeness (QED) is 0.530. The van der Waals surface area contributed by atoms with Crippen LogP contribution in [0.25, 0.3) is 0 Å². The van der Waals surface area contributed by atoms with Crippen molar-refractivity contribution in [3.63, 3.8) is 0 Å². The molecule has 0 aliphatic heterocycles. The van der Waals surface area contributed by atoms with Crippen LogP contribution in [0.15, 0.2) is 0 Å². The highest BCUT2D eigenvalue weighted by Gasteiger charge is 2.44. The van der Waals surface area contributed by atoms with Crippen molar-refractivity contribution in [2.75, 3.05) is 6.26 Å². The van der Waals surface area contributed by atoms with Gasteiger partial charge in [0.2, 0.25) is 0 Å². The number of hydrogen-bond acceptors (Lipinski definition) is 6. The molecule has 0 aromatic heterocycles. The Kier molecular flexibility index (Phi) is 7.22. The molecule has 5 nitrogen and oxygen atoms in total. The summed E-state index contributed by atoms with van der Waals surface area (Å²) in [6, 6.07) is 0. The molecule has 0 unspecified atom stereocenters. The third-order valence-electron chi connectivity index (χ3n) is 1.76. The van der Waals surface area contributed by atoms with Crippen LogP contribution >= 0.6 is 12.0 Å². The predicted octanol–water partition coefficient (Wildman–Crippen LogP) is 3.13. The van der Waals surface area contributed by atoms with E-state index >= 15 is 0 Å². The monoisotopic (exact) mass is 360 g/mol. The number of rotatable bonds is 8. The maximum Gasteiger partial charge on any atom is 0.336 e. The van der Waals surface area contributed by atoms with Crippen LogP contribution in [0, 0.1) is 0 Å². The molecule has 10 heteroatoms. The van der Waals surface area contributed by atoms with E-state index in [1.54, 1.807) is 13.1 Å².